The van der Waals surface area contributed by atoms with Crippen LogP contribution in [0.1, 0.15) is 28.4 Å². The van der Waals surface area contributed by atoms with Gasteiger partial charge in [-0.2, -0.15) is 0 Å². The van der Waals surface area contributed by atoms with E-state index in [1.165, 1.54) is 0 Å². The number of hydrogen-bond donors (Lipinski definition) is 0. The predicted molar refractivity (Wildman–Crippen MR) is 75.2 cm³/mol. The molecule has 0 N–H and O–H groups in total. The summed E-state index contributed by atoms with van der Waals surface area (Å²) in [5, 5.41) is 1.14. The average Bonchev–Trinajstić information content (AvgIpc) is 2.40. The molecule has 2 aromatic rings. The van der Waals surface area contributed by atoms with E-state index in [-0.39, 0.29) is 18.3 Å². The lowest BCUT2D eigenvalue weighted by molar-refractivity contribution is 0.0850. The molecule has 0 saturated carbocycles. The van der Waals surface area contributed by atoms with Crippen LogP contribution < -0.4 is 4.74 Å². The zero-order valence-corrected chi connectivity index (χ0v) is 11.4. The van der Waals surface area contributed by atoms with Gasteiger partial charge in [0.05, 0.1) is 12.0 Å². The molecular formula is C15H10Cl2O2. The Kier molecular flexibility index (Phi) is 3.21. The van der Waals surface area contributed by atoms with Crippen LogP contribution in [0.25, 0.3) is 0 Å². The Morgan fingerprint density at radius 2 is 1.89 bits per heavy atom. The summed E-state index contributed by atoms with van der Waals surface area (Å²) >= 11 is 12.0. The monoisotopic (exact) mass is 292 g/mol. The van der Waals surface area contributed by atoms with Crippen LogP contribution >= 0.6 is 23.2 Å². The fraction of sp³-hybridized carbons (Fsp3) is 0.133. The molecule has 19 heavy (non-hydrogen) atoms. The van der Waals surface area contributed by atoms with Gasteiger partial charge in [0.25, 0.3) is 0 Å². The van der Waals surface area contributed by atoms with Crippen LogP contribution in [0.3, 0.4) is 0 Å². The third-order valence-electron chi connectivity index (χ3n) is 3.13. The van der Waals surface area contributed by atoms with Gasteiger partial charge in [0.2, 0.25) is 0 Å². The average molecular weight is 293 g/mol. The van der Waals surface area contributed by atoms with Crippen molar-refractivity contribution in [3.05, 3.63) is 63.6 Å². The third kappa shape index (κ3) is 2.34. The molecule has 0 saturated heterocycles. The standard InChI is InChI=1S/C15H10Cl2O2/c16-9-5-6-14-11(7-9)13(18)8-15(19-14)10-3-1-2-4-12(10)17/h1-7,15H,8H2/t15-/m0/s1. The SMILES string of the molecule is O=C1C[C@@H](c2ccccc2Cl)Oc2ccc(Cl)cc21. The van der Waals surface area contributed by atoms with Crippen molar-refractivity contribution in [1.29, 1.82) is 0 Å². The Hall–Kier alpha value is -1.51. The van der Waals surface area contributed by atoms with Gasteiger partial charge >= 0.3 is 0 Å². The van der Waals surface area contributed by atoms with Crippen LogP contribution in [0.15, 0.2) is 42.5 Å². The lowest BCUT2D eigenvalue weighted by Crippen LogP contribution is -2.20. The molecule has 0 aromatic heterocycles. The highest BCUT2D eigenvalue weighted by Crippen LogP contribution is 2.38. The number of fused-ring (bicyclic) bond motifs is 1. The Labute approximate surface area is 120 Å². The summed E-state index contributed by atoms with van der Waals surface area (Å²) in [7, 11) is 0. The first-order valence-corrected chi connectivity index (χ1v) is 6.64. The quantitative estimate of drug-likeness (QED) is 0.761. The highest BCUT2D eigenvalue weighted by Gasteiger charge is 2.28. The molecule has 3 rings (SSSR count). The number of carbonyl (C=O) groups is 1. The Balaban J connectivity index is 2.00. The van der Waals surface area contributed by atoms with E-state index in [1.807, 2.05) is 18.2 Å². The lowest BCUT2D eigenvalue weighted by atomic mass is 9.96. The number of carbonyl (C=O) groups excluding carboxylic acids is 1. The van der Waals surface area contributed by atoms with E-state index in [0.29, 0.717) is 21.4 Å². The van der Waals surface area contributed by atoms with Gasteiger partial charge in [-0.3, -0.25) is 4.79 Å². The van der Waals surface area contributed by atoms with E-state index < -0.39 is 0 Å². The van der Waals surface area contributed by atoms with Gasteiger partial charge in [0.1, 0.15) is 11.9 Å². The number of benzene rings is 2. The Morgan fingerprint density at radius 1 is 1.11 bits per heavy atom. The van der Waals surface area contributed by atoms with Crippen molar-refractivity contribution >= 4 is 29.0 Å². The summed E-state index contributed by atoms with van der Waals surface area (Å²) in [6.45, 7) is 0. The van der Waals surface area contributed by atoms with E-state index in [4.69, 9.17) is 27.9 Å². The van der Waals surface area contributed by atoms with Crippen LogP contribution in [0.4, 0.5) is 0 Å². The van der Waals surface area contributed by atoms with Gasteiger partial charge in [-0.1, -0.05) is 41.4 Å². The van der Waals surface area contributed by atoms with Gasteiger partial charge in [-0.25, -0.2) is 0 Å². The van der Waals surface area contributed by atoms with Gasteiger partial charge < -0.3 is 4.74 Å². The molecule has 0 bridgehead atoms. The van der Waals surface area contributed by atoms with Crippen LogP contribution in [-0.2, 0) is 0 Å². The smallest absolute Gasteiger partial charge is 0.170 e. The van der Waals surface area contributed by atoms with Gasteiger partial charge in [0.15, 0.2) is 5.78 Å². The molecule has 1 atom stereocenters. The third-order valence-corrected chi connectivity index (χ3v) is 3.71. The summed E-state index contributed by atoms with van der Waals surface area (Å²) in [6.07, 6.45) is -0.0632. The maximum atomic E-state index is 12.2. The fourth-order valence-electron chi connectivity index (χ4n) is 2.21. The van der Waals surface area contributed by atoms with Crippen molar-refractivity contribution in [3.63, 3.8) is 0 Å². The lowest BCUT2D eigenvalue weighted by Gasteiger charge is -2.26. The highest BCUT2D eigenvalue weighted by atomic mass is 35.5. The highest BCUT2D eigenvalue weighted by molar-refractivity contribution is 6.31. The second kappa shape index (κ2) is 4.87. The minimum Gasteiger partial charge on any atom is -0.484 e. The molecule has 0 amide bonds. The van der Waals surface area contributed by atoms with Crippen molar-refractivity contribution in [2.24, 2.45) is 0 Å². The maximum absolute atomic E-state index is 12.2. The number of hydrogen-bond acceptors (Lipinski definition) is 2. The van der Waals surface area contributed by atoms with Crippen molar-refractivity contribution in [2.75, 3.05) is 0 Å². The molecule has 2 aromatic carbocycles. The summed E-state index contributed by atoms with van der Waals surface area (Å²) in [5.74, 6) is 0.583. The molecule has 0 spiro atoms. The van der Waals surface area contributed by atoms with E-state index in [1.54, 1.807) is 24.3 Å². The first-order chi connectivity index (χ1) is 9.15. The minimum atomic E-state index is -0.338. The first-order valence-electron chi connectivity index (χ1n) is 5.89. The molecule has 0 fully saturated rings. The molecular weight excluding hydrogens is 283 g/mol. The summed E-state index contributed by atoms with van der Waals surface area (Å²) < 4.78 is 5.86. The van der Waals surface area contributed by atoms with E-state index in [2.05, 4.69) is 0 Å². The van der Waals surface area contributed by atoms with Crippen LogP contribution in [0.5, 0.6) is 5.75 Å². The maximum Gasteiger partial charge on any atom is 0.170 e. The zero-order chi connectivity index (χ0) is 13.4. The molecule has 4 heteroatoms. The van der Waals surface area contributed by atoms with Crippen molar-refractivity contribution in [2.45, 2.75) is 12.5 Å². The molecule has 0 radical (unpaired) electrons. The van der Waals surface area contributed by atoms with Crippen LogP contribution in [0.2, 0.25) is 10.0 Å². The number of ketones is 1. The number of ether oxygens (including phenoxy) is 1. The molecule has 1 aliphatic rings. The molecule has 1 aliphatic heterocycles. The molecule has 0 unspecified atom stereocenters. The molecule has 96 valence electrons. The fourth-order valence-corrected chi connectivity index (χ4v) is 2.64. The van der Waals surface area contributed by atoms with Crippen LogP contribution in [0, 0.1) is 0 Å². The van der Waals surface area contributed by atoms with Crippen LogP contribution in [-0.4, -0.2) is 5.78 Å². The van der Waals surface area contributed by atoms with Gasteiger partial charge in [-0.05, 0) is 24.3 Å². The van der Waals surface area contributed by atoms with E-state index >= 15 is 0 Å². The number of halogens is 2. The van der Waals surface area contributed by atoms with Crippen molar-refractivity contribution < 1.29 is 9.53 Å². The second-order valence-corrected chi connectivity index (χ2v) is 5.24. The Morgan fingerprint density at radius 3 is 2.68 bits per heavy atom. The van der Waals surface area contributed by atoms with Crippen molar-refractivity contribution in [1.82, 2.24) is 0 Å². The predicted octanol–water partition coefficient (Wildman–Crippen LogP) is 4.70. The normalized spacial score (nSPS) is 17.8. The largest absolute Gasteiger partial charge is 0.484 e. The summed E-state index contributed by atoms with van der Waals surface area (Å²) in [5.41, 5.74) is 1.37. The molecule has 1 heterocycles. The Bertz CT molecular complexity index is 652. The van der Waals surface area contributed by atoms with E-state index in [0.717, 1.165) is 5.56 Å². The van der Waals surface area contributed by atoms with Gasteiger partial charge in [0, 0.05) is 15.6 Å². The summed E-state index contributed by atoms with van der Waals surface area (Å²) in [4.78, 5) is 12.2. The molecule has 2 nitrogen and oxygen atoms in total. The van der Waals surface area contributed by atoms with Crippen molar-refractivity contribution in [3.8, 4) is 5.75 Å². The molecule has 0 aliphatic carbocycles. The zero-order valence-electron chi connectivity index (χ0n) is 9.90. The number of rotatable bonds is 1. The topological polar surface area (TPSA) is 26.3 Å². The minimum absolute atomic E-state index is 0.0219. The van der Waals surface area contributed by atoms with Gasteiger partial charge in [-0.15, -0.1) is 0 Å². The summed E-state index contributed by atoms with van der Waals surface area (Å²) in [6, 6.07) is 12.5. The number of Topliss-reactive ketones (excluding diaryl/α,β-unsaturated/α-hetero) is 1. The van der Waals surface area contributed by atoms with E-state index in [9.17, 15) is 4.79 Å². The second-order valence-electron chi connectivity index (χ2n) is 4.40. The first kappa shape index (κ1) is 12.5.